The number of rotatable bonds is 4. The summed E-state index contributed by atoms with van der Waals surface area (Å²) in [5.41, 5.74) is 0. The molecule has 7 heteroatoms. The fraction of sp³-hybridized carbons (Fsp3) is 0.905. The Balaban J connectivity index is 0.000000211. The molecule has 3 atom stereocenters. The van der Waals surface area contributed by atoms with E-state index in [4.69, 9.17) is 9.47 Å². The zero-order chi connectivity index (χ0) is 19.9. The Hall–Kier alpha value is -1.34. The summed E-state index contributed by atoms with van der Waals surface area (Å²) in [5, 5.41) is 0. The van der Waals surface area contributed by atoms with E-state index in [1.165, 1.54) is 38.8 Å². The zero-order valence-electron chi connectivity index (χ0n) is 17.6. The summed E-state index contributed by atoms with van der Waals surface area (Å²) in [6.45, 7) is 11.2. The van der Waals surface area contributed by atoms with Crippen LogP contribution in [-0.2, 0) is 14.3 Å². The summed E-state index contributed by atoms with van der Waals surface area (Å²) < 4.78 is 10.3. The van der Waals surface area contributed by atoms with Crippen LogP contribution in [0.4, 0.5) is 4.79 Å². The molecule has 7 nitrogen and oxygen atoms in total. The van der Waals surface area contributed by atoms with Gasteiger partial charge < -0.3 is 19.3 Å². The average Bonchev–Trinajstić information content (AvgIpc) is 2.97. The highest BCUT2D eigenvalue weighted by atomic mass is 16.6. The Morgan fingerprint density at radius 2 is 1.96 bits per heavy atom. The first-order valence-electron chi connectivity index (χ1n) is 11.1. The van der Waals surface area contributed by atoms with E-state index in [-0.39, 0.29) is 6.09 Å². The number of hydrogen-bond donors (Lipinski definition) is 0. The molecule has 4 heterocycles. The van der Waals surface area contributed by atoms with Gasteiger partial charge in [0.1, 0.15) is 0 Å². The number of ether oxygens (including phenoxy) is 2. The molecule has 0 aromatic heterocycles. The number of hydrogen-bond acceptors (Lipinski definition) is 5. The van der Waals surface area contributed by atoms with Gasteiger partial charge in [0.15, 0.2) is 0 Å². The van der Waals surface area contributed by atoms with Crippen LogP contribution in [0.1, 0.15) is 46.0 Å². The molecule has 4 saturated heterocycles. The molecule has 0 N–H and O–H groups in total. The van der Waals surface area contributed by atoms with Crippen molar-refractivity contribution < 1.29 is 19.1 Å². The maximum absolute atomic E-state index is 11.9. The Morgan fingerprint density at radius 1 is 1.14 bits per heavy atom. The summed E-state index contributed by atoms with van der Waals surface area (Å²) in [6.07, 6.45) is 6.70. The van der Waals surface area contributed by atoms with Gasteiger partial charge in [-0.15, -0.1) is 0 Å². The molecule has 3 unspecified atom stereocenters. The van der Waals surface area contributed by atoms with Gasteiger partial charge in [-0.25, -0.2) is 4.79 Å². The monoisotopic (exact) mass is 395 g/mol. The number of fused-ring (bicyclic) bond motifs is 3. The van der Waals surface area contributed by atoms with Crippen molar-refractivity contribution in [2.24, 2.45) is 11.8 Å². The molecule has 0 radical (unpaired) electrons. The minimum atomic E-state index is -0.0919. The number of carbonyl (C=O) groups excluding carboxylic acids is 2. The Bertz CT molecular complexity index is 504. The van der Waals surface area contributed by atoms with Crippen molar-refractivity contribution >= 4 is 12.5 Å². The number of amides is 2. The standard InChI is InChI=1S/C15H26N2O2.C6H11NO2/c1-3-11-8-16(9-11)14-7-13-6-5-12(14)10-17(13)15(18)19-4-2;8-6-7-2-1-4-9-5-3-7/h11-14H,3-10H2,1-2H3;6H,1-5H2. The minimum Gasteiger partial charge on any atom is -0.450 e. The van der Waals surface area contributed by atoms with Crippen molar-refractivity contribution in [1.29, 1.82) is 0 Å². The fourth-order valence-electron chi connectivity index (χ4n) is 4.97. The van der Waals surface area contributed by atoms with Crippen molar-refractivity contribution in [3.05, 3.63) is 0 Å². The first-order valence-corrected chi connectivity index (χ1v) is 11.1. The van der Waals surface area contributed by atoms with E-state index >= 15 is 0 Å². The summed E-state index contributed by atoms with van der Waals surface area (Å²) in [4.78, 5) is 28.5. The van der Waals surface area contributed by atoms with Crippen LogP contribution in [0.5, 0.6) is 0 Å². The average molecular weight is 396 g/mol. The van der Waals surface area contributed by atoms with E-state index < -0.39 is 0 Å². The van der Waals surface area contributed by atoms with Crippen LogP contribution < -0.4 is 0 Å². The van der Waals surface area contributed by atoms with Gasteiger partial charge in [-0.05, 0) is 44.4 Å². The van der Waals surface area contributed by atoms with E-state index in [0.29, 0.717) is 25.2 Å². The van der Waals surface area contributed by atoms with Crippen molar-refractivity contribution in [2.75, 3.05) is 52.5 Å². The molecule has 160 valence electrons. The highest BCUT2D eigenvalue weighted by Crippen LogP contribution is 2.40. The second-order valence-electron chi connectivity index (χ2n) is 8.48. The minimum absolute atomic E-state index is 0.0919. The Labute approximate surface area is 169 Å². The van der Waals surface area contributed by atoms with Crippen LogP contribution in [0.3, 0.4) is 0 Å². The molecule has 4 aliphatic heterocycles. The van der Waals surface area contributed by atoms with Gasteiger partial charge >= 0.3 is 6.09 Å². The molecular formula is C21H37N3O4. The van der Waals surface area contributed by atoms with Gasteiger partial charge in [0.2, 0.25) is 6.41 Å². The lowest BCUT2D eigenvalue weighted by Gasteiger charge is -2.55. The summed E-state index contributed by atoms with van der Waals surface area (Å²) >= 11 is 0. The lowest BCUT2D eigenvalue weighted by Crippen LogP contribution is -2.64. The van der Waals surface area contributed by atoms with Crippen LogP contribution >= 0.6 is 0 Å². The third kappa shape index (κ3) is 5.17. The number of carbonyl (C=O) groups is 2. The Kier molecular flexibility index (Phi) is 7.97. The lowest BCUT2D eigenvalue weighted by molar-refractivity contribution is -0.118. The van der Waals surface area contributed by atoms with Crippen molar-refractivity contribution in [2.45, 2.75) is 58.0 Å². The fourth-order valence-corrected chi connectivity index (χ4v) is 4.97. The lowest BCUT2D eigenvalue weighted by atomic mass is 9.74. The third-order valence-electron chi connectivity index (χ3n) is 6.74. The molecule has 28 heavy (non-hydrogen) atoms. The highest BCUT2D eigenvalue weighted by molar-refractivity contribution is 5.68. The number of nitrogens with zero attached hydrogens (tertiary/aromatic N) is 3. The molecule has 1 aliphatic carbocycles. The van der Waals surface area contributed by atoms with Crippen LogP contribution in [0.15, 0.2) is 0 Å². The van der Waals surface area contributed by atoms with E-state index in [1.807, 2.05) is 11.8 Å². The van der Waals surface area contributed by atoms with E-state index in [9.17, 15) is 9.59 Å². The SMILES string of the molecule is CCOC(=O)N1CC2CCC1CC2N1CC(CC)C1.O=CN1CCCOCC1. The zero-order valence-corrected chi connectivity index (χ0v) is 17.6. The second kappa shape index (κ2) is 10.4. The molecule has 0 aromatic rings. The van der Waals surface area contributed by atoms with E-state index in [0.717, 1.165) is 51.0 Å². The van der Waals surface area contributed by atoms with Gasteiger partial charge in [-0.3, -0.25) is 9.69 Å². The quantitative estimate of drug-likeness (QED) is 0.683. The normalized spacial score (nSPS) is 30.7. The first-order chi connectivity index (χ1) is 13.7. The highest BCUT2D eigenvalue weighted by Gasteiger charge is 2.47. The van der Waals surface area contributed by atoms with Gasteiger partial charge in [0, 0.05) is 51.4 Å². The second-order valence-corrected chi connectivity index (χ2v) is 8.48. The maximum Gasteiger partial charge on any atom is 0.410 e. The third-order valence-corrected chi connectivity index (χ3v) is 6.74. The van der Waals surface area contributed by atoms with Crippen LogP contribution in [0.2, 0.25) is 0 Å². The predicted molar refractivity (Wildman–Crippen MR) is 107 cm³/mol. The Morgan fingerprint density at radius 3 is 2.61 bits per heavy atom. The van der Waals surface area contributed by atoms with Gasteiger partial charge in [0.25, 0.3) is 0 Å². The largest absolute Gasteiger partial charge is 0.450 e. The summed E-state index contributed by atoms with van der Waals surface area (Å²) in [5.74, 6) is 1.59. The number of likely N-dealkylation sites (tertiary alicyclic amines) is 1. The molecule has 5 aliphatic rings. The molecular weight excluding hydrogens is 358 g/mol. The molecule has 0 aromatic carbocycles. The van der Waals surface area contributed by atoms with Crippen LogP contribution in [0.25, 0.3) is 0 Å². The first kappa shape index (κ1) is 21.4. The molecule has 2 bridgehead atoms. The smallest absolute Gasteiger partial charge is 0.410 e. The molecule has 0 spiro atoms. The van der Waals surface area contributed by atoms with Gasteiger partial charge in [0.05, 0.1) is 13.2 Å². The van der Waals surface area contributed by atoms with Gasteiger partial charge in [-0.2, -0.15) is 0 Å². The molecule has 5 fully saturated rings. The van der Waals surface area contributed by atoms with Crippen LogP contribution in [0, 0.1) is 11.8 Å². The predicted octanol–water partition coefficient (Wildman–Crippen LogP) is 2.20. The van der Waals surface area contributed by atoms with Gasteiger partial charge in [-0.1, -0.05) is 13.3 Å². The van der Waals surface area contributed by atoms with E-state index in [1.54, 1.807) is 4.90 Å². The molecule has 2 amide bonds. The topological polar surface area (TPSA) is 62.3 Å². The van der Waals surface area contributed by atoms with Crippen molar-refractivity contribution in [3.8, 4) is 0 Å². The molecule has 1 saturated carbocycles. The van der Waals surface area contributed by atoms with E-state index in [2.05, 4.69) is 11.8 Å². The number of piperidine rings is 2. The summed E-state index contributed by atoms with van der Waals surface area (Å²) in [6, 6.07) is 1.15. The van der Waals surface area contributed by atoms with Crippen LogP contribution in [-0.4, -0.2) is 91.8 Å². The maximum atomic E-state index is 11.9. The summed E-state index contributed by atoms with van der Waals surface area (Å²) in [7, 11) is 0. The van der Waals surface area contributed by atoms with Crippen molar-refractivity contribution in [1.82, 2.24) is 14.7 Å². The molecule has 5 rings (SSSR count). The van der Waals surface area contributed by atoms with Crippen molar-refractivity contribution in [3.63, 3.8) is 0 Å².